The topological polar surface area (TPSA) is 51.5 Å². The van der Waals surface area contributed by atoms with E-state index < -0.39 is 5.54 Å². The van der Waals surface area contributed by atoms with E-state index >= 15 is 0 Å². The number of ether oxygens (including phenoxy) is 1. The van der Waals surface area contributed by atoms with E-state index in [1.807, 2.05) is 30.8 Å². The van der Waals surface area contributed by atoms with E-state index in [1.54, 1.807) is 6.26 Å². The minimum atomic E-state index is -0.541. The maximum absolute atomic E-state index is 11.9. The van der Waals surface area contributed by atoms with Crippen LogP contribution in [-0.4, -0.2) is 30.4 Å². The first-order valence-electron chi connectivity index (χ1n) is 7.10. The molecule has 20 heavy (non-hydrogen) atoms. The van der Waals surface area contributed by atoms with Crippen LogP contribution in [0.2, 0.25) is 0 Å². The second-order valence-electron chi connectivity index (χ2n) is 5.48. The summed E-state index contributed by atoms with van der Waals surface area (Å²) in [6.45, 7) is 1.95. The zero-order valence-corrected chi connectivity index (χ0v) is 13.0. The van der Waals surface area contributed by atoms with E-state index in [9.17, 15) is 4.79 Å². The SMILES string of the molecule is COC(=O)C(C)(CCCSCc1ccco1)NC1CC1. The van der Waals surface area contributed by atoms with E-state index in [-0.39, 0.29) is 5.97 Å². The molecule has 4 nitrogen and oxygen atoms in total. The molecule has 1 aromatic heterocycles. The quantitative estimate of drug-likeness (QED) is 0.561. The molecule has 1 fully saturated rings. The Morgan fingerprint density at radius 2 is 2.40 bits per heavy atom. The number of hydrogen-bond acceptors (Lipinski definition) is 5. The molecule has 0 aromatic carbocycles. The number of nitrogens with one attached hydrogen (secondary N) is 1. The van der Waals surface area contributed by atoms with Crippen molar-refractivity contribution < 1.29 is 13.9 Å². The molecule has 1 unspecified atom stereocenters. The van der Waals surface area contributed by atoms with Gasteiger partial charge in [0.1, 0.15) is 11.3 Å². The third-order valence-electron chi connectivity index (χ3n) is 3.53. The molecule has 0 amide bonds. The second-order valence-corrected chi connectivity index (χ2v) is 6.58. The average Bonchev–Trinajstić information content (AvgIpc) is 3.09. The molecule has 0 bridgehead atoms. The summed E-state index contributed by atoms with van der Waals surface area (Å²) in [5, 5.41) is 3.42. The van der Waals surface area contributed by atoms with Crippen LogP contribution in [0.4, 0.5) is 0 Å². The molecule has 5 heteroatoms. The fraction of sp³-hybridized carbons (Fsp3) is 0.667. The molecule has 0 aliphatic heterocycles. The number of carbonyl (C=O) groups is 1. The van der Waals surface area contributed by atoms with Crippen LogP contribution in [0, 0.1) is 0 Å². The van der Waals surface area contributed by atoms with Crippen molar-refractivity contribution in [3.8, 4) is 0 Å². The van der Waals surface area contributed by atoms with E-state index in [0.29, 0.717) is 6.04 Å². The maximum Gasteiger partial charge on any atom is 0.325 e. The summed E-state index contributed by atoms with van der Waals surface area (Å²) in [5.41, 5.74) is -0.541. The molecule has 1 heterocycles. The molecular formula is C15H23NO3S. The van der Waals surface area contributed by atoms with Crippen molar-refractivity contribution in [2.75, 3.05) is 12.9 Å². The number of rotatable bonds is 9. The van der Waals surface area contributed by atoms with Gasteiger partial charge in [0.05, 0.1) is 19.1 Å². The van der Waals surface area contributed by atoms with Crippen LogP contribution in [0.3, 0.4) is 0 Å². The summed E-state index contributed by atoms with van der Waals surface area (Å²) in [5.74, 6) is 2.75. The minimum absolute atomic E-state index is 0.152. The van der Waals surface area contributed by atoms with Gasteiger partial charge in [-0.05, 0) is 50.5 Å². The summed E-state index contributed by atoms with van der Waals surface area (Å²) in [6.07, 6.45) is 5.82. The highest BCUT2D eigenvalue weighted by atomic mass is 32.2. The Bertz CT molecular complexity index is 417. The molecule has 1 aliphatic rings. The van der Waals surface area contributed by atoms with Crippen molar-refractivity contribution in [3.63, 3.8) is 0 Å². The van der Waals surface area contributed by atoms with Gasteiger partial charge >= 0.3 is 5.97 Å². The van der Waals surface area contributed by atoms with Gasteiger partial charge in [-0.15, -0.1) is 0 Å². The molecule has 1 atom stereocenters. The van der Waals surface area contributed by atoms with Crippen molar-refractivity contribution in [2.24, 2.45) is 0 Å². The lowest BCUT2D eigenvalue weighted by molar-refractivity contribution is -0.148. The number of carbonyl (C=O) groups excluding carboxylic acids is 1. The Morgan fingerprint density at radius 1 is 1.60 bits per heavy atom. The van der Waals surface area contributed by atoms with Crippen molar-refractivity contribution in [2.45, 2.75) is 49.9 Å². The van der Waals surface area contributed by atoms with Gasteiger partial charge in [-0.2, -0.15) is 11.8 Å². The molecule has 0 radical (unpaired) electrons. The lowest BCUT2D eigenvalue weighted by Crippen LogP contribution is -2.51. The van der Waals surface area contributed by atoms with Gasteiger partial charge in [-0.3, -0.25) is 10.1 Å². The predicted octanol–water partition coefficient (Wildman–Crippen LogP) is 2.98. The van der Waals surface area contributed by atoms with Gasteiger partial charge in [-0.25, -0.2) is 0 Å². The van der Waals surface area contributed by atoms with E-state index in [1.165, 1.54) is 20.0 Å². The number of hydrogen-bond donors (Lipinski definition) is 1. The molecular weight excluding hydrogens is 274 g/mol. The maximum atomic E-state index is 11.9. The molecule has 0 spiro atoms. The largest absolute Gasteiger partial charge is 0.468 e. The van der Waals surface area contributed by atoms with Crippen LogP contribution in [0.25, 0.3) is 0 Å². The number of methoxy groups -OCH3 is 1. The van der Waals surface area contributed by atoms with Crippen LogP contribution in [0.1, 0.15) is 38.4 Å². The highest BCUT2D eigenvalue weighted by Gasteiger charge is 2.38. The molecule has 0 saturated heterocycles. The van der Waals surface area contributed by atoms with Crippen LogP contribution < -0.4 is 5.32 Å². The molecule has 2 rings (SSSR count). The number of furan rings is 1. The zero-order chi connectivity index (χ0) is 14.4. The van der Waals surface area contributed by atoms with E-state index in [4.69, 9.17) is 9.15 Å². The Kier molecular flexibility index (Phi) is 5.54. The van der Waals surface area contributed by atoms with Crippen molar-refractivity contribution >= 4 is 17.7 Å². The van der Waals surface area contributed by atoms with Crippen molar-refractivity contribution in [1.29, 1.82) is 0 Å². The van der Waals surface area contributed by atoms with Gasteiger partial charge in [0, 0.05) is 6.04 Å². The Hall–Kier alpha value is -0.940. The highest BCUT2D eigenvalue weighted by molar-refractivity contribution is 7.98. The fourth-order valence-corrected chi connectivity index (χ4v) is 3.09. The fourth-order valence-electron chi connectivity index (χ4n) is 2.23. The summed E-state index contributed by atoms with van der Waals surface area (Å²) >= 11 is 1.83. The normalized spacial score (nSPS) is 17.7. The molecule has 1 aromatic rings. The zero-order valence-electron chi connectivity index (χ0n) is 12.2. The van der Waals surface area contributed by atoms with E-state index in [2.05, 4.69) is 5.32 Å². The average molecular weight is 297 g/mol. The Balaban J connectivity index is 1.69. The van der Waals surface area contributed by atoms with Crippen LogP contribution in [0.5, 0.6) is 0 Å². The second kappa shape index (κ2) is 7.18. The highest BCUT2D eigenvalue weighted by Crippen LogP contribution is 2.26. The van der Waals surface area contributed by atoms with Gasteiger partial charge in [0.15, 0.2) is 0 Å². The first kappa shape index (κ1) is 15.4. The van der Waals surface area contributed by atoms with Crippen LogP contribution in [0.15, 0.2) is 22.8 Å². The molecule has 1 saturated carbocycles. The van der Waals surface area contributed by atoms with Gasteiger partial charge in [0.2, 0.25) is 0 Å². The smallest absolute Gasteiger partial charge is 0.325 e. The third kappa shape index (κ3) is 4.56. The van der Waals surface area contributed by atoms with Gasteiger partial charge < -0.3 is 9.15 Å². The summed E-state index contributed by atoms with van der Waals surface area (Å²) in [6, 6.07) is 4.39. The first-order valence-corrected chi connectivity index (χ1v) is 8.26. The van der Waals surface area contributed by atoms with Gasteiger partial charge in [-0.1, -0.05) is 0 Å². The van der Waals surface area contributed by atoms with Crippen LogP contribution in [-0.2, 0) is 15.3 Å². The van der Waals surface area contributed by atoms with Crippen LogP contribution >= 0.6 is 11.8 Å². The molecule has 1 aliphatic carbocycles. The third-order valence-corrected chi connectivity index (χ3v) is 4.59. The summed E-state index contributed by atoms with van der Waals surface area (Å²) in [7, 11) is 1.46. The Morgan fingerprint density at radius 3 is 3.00 bits per heavy atom. The molecule has 1 N–H and O–H groups in total. The lowest BCUT2D eigenvalue weighted by atomic mass is 9.96. The standard InChI is InChI=1S/C15H23NO3S/c1-15(14(17)18-2,16-12-6-7-12)8-4-10-20-11-13-5-3-9-19-13/h3,5,9,12,16H,4,6-8,10-11H2,1-2H3. The lowest BCUT2D eigenvalue weighted by Gasteiger charge is -2.28. The number of thioether (sulfide) groups is 1. The molecule has 112 valence electrons. The van der Waals surface area contributed by atoms with Gasteiger partial charge in [0.25, 0.3) is 0 Å². The Labute approximate surface area is 124 Å². The number of esters is 1. The minimum Gasteiger partial charge on any atom is -0.468 e. The first-order chi connectivity index (χ1) is 9.64. The van der Waals surface area contributed by atoms with Crippen molar-refractivity contribution in [1.82, 2.24) is 5.32 Å². The summed E-state index contributed by atoms with van der Waals surface area (Å²) < 4.78 is 10.2. The van der Waals surface area contributed by atoms with E-state index in [0.717, 1.165) is 30.1 Å². The summed E-state index contributed by atoms with van der Waals surface area (Å²) in [4.78, 5) is 11.9. The van der Waals surface area contributed by atoms with Crippen molar-refractivity contribution in [3.05, 3.63) is 24.2 Å². The predicted molar refractivity (Wildman–Crippen MR) is 80.7 cm³/mol. The monoisotopic (exact) mass is 297 g/mol.